The molecule has 0 saturated carbocycles. The molecule has 0 heterocycles. The molecule has 0 aliphatic heterocycles. The zero-order chi connectivity index (χ0) is 15.3. The van der Waals surface area contributed by atoms with Crippen LogP contribution in [0.1, 0.15) is 24.5 Å². The molecule has 0 amide bonds. The molecule has 0 aliphatic rings. The molecule has 1 unspecified atom stereocenters. The van der Waals surface area contributed by atoms with Gasteiger partial charge in [0.25, 0.3) is 6.43 Å². The third kappa shape index (κ3) is 4.96. The molecule has 2 N–H and O–H groups in total. The van der Waals surface area contributed by atoms with Gasteiger partial charge in [-0.3, -0.25) is 0 Å². The Morgan fingerprint density at radius 1 is 1.25 bits per heavy atom. The van der Waals surface area contributed by atoms with E-state index in [1.165, 1.54) is 6.07 Å². The lowest BCUT2D eigenvalue weighted by Gasteiger charge is -2.16. The highest BCUT2D eigenvalue weighted by molar-refractivity contribution is 5.39. The normalized spacial score (nSPS) is 13.6. The van der Waals surface area contributed by atoms with Gasteiger partial charge in [0, 0.05) is 6.04 Å². The first kappa shape index (κ1) is 16.7. The van der Waals surface area contributed by atoms with Gasteiger partial charge in [-0.05, 0) is 30.5 Å². The van der Waals surface area contributed by atoms with Crippen molar-refractivity contribution in [2.45, 2.75) is 38.4 Å². The molecule has 2 nitrogen and oxygen atoms in total. The molecule has 0 aliphatic carbocycles. The Balaban J connectivity index is 3.01. The quantitative estimate of drug-likeness (QED) is 0.814. The molecular weight excluding hydrogens is 281 g/mol. The number of benzene rings is 1. The average Bonchev–Trinajstić information content (AvgIpc) is 2.35. The van der Waals surface area contributed by atoms with Gasteiger partial charge >= 0.3 is 6.18 Å². The summed E-state index contributed by atoms with van der Waals surface area (Å²) in [7, 11) is 0. The lowest BCUT2D eigenvalue weighted by Crippen LogP contribution is -2.22. The van der Waals surface area contributed by atoms with Crippen molar-refractivity contribution in [2.75, 3.05) is 6.61 Å². The fourth-order valence-electron chi connectivity index (χ4n) is 1.65. The van der Waals surface area contributed by atoms with E-state index in [0.717, 1.165) is 12.1 Å². The van der Waals surface area contributed by atoms with Crippen molar-refractivity contribution in [1.29, 1.82) is 0 Å². The Morgan fingerprint density at radius 3 is 2.40 bits per heavy atom. The predicted octanol–water partition coefficient (Wildman–Crippen LogP) is 3.63. The number of alkyl halides is 5. The summed E-state index contributed by atoms with van der Waals surface area (Å²) in [5, 5.41) is 0. The van der Waals surface area contributed by atoms with Gasteiger partial charge in [0.1, 0.15) is 12.4 Å². The lowest BCUT2D eigenvalue weighted by molar-refractivity contribution is -0.139. The van der Waals surface area contributed by atoms with Crippen LogP contribution in [0.4, 0.5) is 22.0 Å². The second kappa shape index (κ2) is 6.88. The SMILES string of the molecule is CCC(N)Cc1ccc(OCC(F)F)c(C(F)(F)F)c1. The van der Waals surface area contributed by atoms with Crippen LogP contribution in [0.3, 0.4) is 0 Å². The largest absolute Gasteiger partial charge is 0.487 e. The van der Waals surface area contributed by atoms with Crippen LogP contribution in [0.5, 0.6) is 5.75 Å². The number of hydrogen-bond acceptors (Lipinski definition) is 2. The fraction of sp³-hybridized carbons (Fsp3) is 0.538. The number of hydrogen-bond donors (Lipinski definition) is 1. The lowest BCUT2D eigenvalue weighted by atomic mass is 10.0. The summed E-state index contributed by atoms with van der Waals surface area (Å²) >= 11 is 0. The van der Waals surface area contributed by atoms with Gasteiger partial charge in [-0.15, -0.1) is 0 Å². The fourth-order valence-corrected chi connectivity index (χ4v) is 1.65. The van der Waals surface area contributed by atoms with Crippen LogP contribution in [0, 0.1) is 0 Å². The van der Waals surface area contributed by atoms with Gasteiger partial charge in [0.15, 0.2) is 0 Å². The number of rotatable bonds is 6. The first-order valence-corrected chi connectivity index (χ1v) is 6.10. The van der Waals surface area contributed by atoms with E-state index in [4.69, 9.17) is 5.73 Å². The van der Waals surface area contributed by atoms with Gasteiger partial charge in [0.05, 0.1) is 5.56 Å². The van der Waals surface area contributed by atoms with E-state index in [1.807, 2.05) is 6.92 Å². The second-order valence-corrected chi connectivity index (χ2v) is 4.40. The summed E-state index contributed by atoms with van der Waals surface area (Å²) < 4.78 is 67.2. The average molecular weight is 297 g/mol. The number of ether oxygens (including phenoxy) is 1. The molecule has 0 aromatic heterocycles. The predicted molar refractivity (Wildman–Crippen MR) is 64.9 cm³/mol. The molecule has 1 atom stereocenters. The molecule has 0 radical (unpaired) electrons. The van der Waals surface area contributed by atoms with E-state index in [9.17, 15) is 22.0 Å². The Kier molecular flexibility index (Phi) is 5.74. The van der Waals surface area contributed by atoms with Crippen molar-refractivity contribution in [1.82, 2.24) is 0 Å². The molecule has 1 aromatic carbocycles. The highest BCUT2D eigenvalue weighted by atomic mass is 19.4. The summed E-state index contributed by atoms with van der Waals surface area (Å²) in [6, 6.07) is 3.12. The summed E-state index contributed by atoms with van der Waals surface area (Å²) in [5.41, 5.74) is 5.03. The minimum atomic E-state index is -4.66. The van der Waals surface area contributed by atoms with Crippen molar-refractivity contribution in [2.24, 2.45) is 5.73 Å². The monoisotopic (exact) mass is 297 g/mol. The summed E-state index contributed by atoms with van der Waals surface area (Å²) in [6.45, 7) is 0.756. The van der Waals surface area contributed by atoms with Crippen molar-refractivity contribution in [3.63, 3.8) is 0 Å². The van der Waals surface area contributed by atoms with Gasteiger partial charge in [-0.25, -0.2) is 8.78 Å². The van der Waals surface area contributed by atoms with Crippen molar-refractivity contribution < 1.29 is 26.7 Å². The second-order valence-electron chi connectivity index (χ2n) is 4.40. The van der Waals surface area contributed by atoms with Gasteiger partial charge < -0.3 is 10.5 Å². The first-order chi connectivity index (χ1) is 9.24. The molecule has 7 heteroatoms. The third-order valence-corrected chi connectivity index (χ3v) is 2.74. The first-order valence-electron chi connectivity index (χ1n) is 6.10. The van der Waals surface area contributed by atoms with Crippen LogP contribution < -0.4 is 10.5 Å². The van der Waals surface area contributed by atoms with E-state index < -0.39 is 30.5 Å². The summed E-state index contributed by atoms with van der Waals surface area (Å²) in [5.74, 6) is -0.591. The minimum absolute atomic E-state index is 0.246. The molecule has 20 heavy (non-hydrogen) atoms. The maximum atomic E-state index is 12.9. The van der Waals surface area contributed by atoms with Gasteiger partial charge in [-0.2, -0.15) is 13.2 Å². The molecular formula is C13H16F5NO. The van der Waals surface area contributed by atoms with Crippen molar-refractivity contribution in [3.8, 4) is 5.75 Å². The Labute approximate surface area is 113 Å². The van der Waals surface area contributed by atoms with Gasteiger partial charge in [-0.1, -0.05) is 13.0 Å². The Hall–Kier alpha value is -1.37. The van der Waals surface area contributed by atoms with E-state index >= 15 is 0 Å². The Morgan fingerprint density at radius 2 is 1.90 bits per heavy atom. The topological polar surface area (TPSA) is 35.2 Å². The molecule has 1 rings (SSSR count). The molecule has 0 bridgehead atoms. The van der Waals surface area contributed by atoms with Crippen LogP contribution in [0.15, 0.2) is 18.2 Å². The number of halogens is 5. The Bertz CT molecular complexity index is 433. The van der Waals surface area contributed by atoms with Crippen LogP contribution >= 0.6 is 0 Å². The maximum absolute atomic E-state index is 12.9. The molecule has 0 fully saturated rings. The number of nitrogens with two attached hydrogens (primary N) is 1. The van der Waals surface area contributed by atoms with E-state index in [2.05, 4.69) is 4.74 Å². The molecule has 1 aromatic rings. The molecule has 0 saturated heterocycles. The highest BCUT2D eigenvalue weighted by Gasteiger charge is 2.35. The van der Waals surface area contributed by atoms with Crippen LogP contribution in [0.2, 0.25) is 0 Å². The summed E-state index contributed by atoms with van der Waals surface area (Å²) in [4.78, 5) is 0. The van der Waals surface area contributed by atoms with Crippen molar-refractivity contribution >= 4 is 0 Å². The zero-order valence-electron chi connectivity index (χ0n) is 10.9. The summed E-state index contributed by atoms with van der Waals surface area (Å²) in [6.07, 6.45) is -6.58. The third-order valence-electron chi connectivity index (χ3n) is 2.74. The smallest absolute Gasteiger partial charge is 0.419 e. The standard InChI is InChI=1S/C13H16F5NO/c1-2-9(19)5-8-3-4-11(20-7-12(14)15)10(6-8)13(16,17)18/h3-4,6,9,12H,2,5,7,19H2,1H3. The maximum Gasteiger partial charge on any atom is 0.419 e. The van der Waals surface area contributed by atoms with Crippen LogP contribution in [0.25, 0.3) is 0 Å². The van der Waals surface area contributed by atoms with E-state index in [0.29, 0.717) is 12.0 Å². The molecule has 114 valence electrons. The molecule has 0 spiro atoms. The van der Waals surface area contributed by atoms with Crippen molar-refractivity contribution in [3.05, 3.63) is 29.3 Å². The minimum Gasteiger partial charge on any atom is -0.487 e. The van der Waals surface area contributed by atoms with E-state index in [-0.39, 0.29) is 12.5 Å². The van der Waals surface area contributed by atoms with Crippen LogP contribution in [-0.4, -0.2) is 19.1 Å². The van der Waals surface area contributed by atoms with E-state index in [1.54, 1.807) is 0 Å². The van der Waals surface area contributed by atoms with Gasteiger partial charge in [0.2, 0.25) is 0 Å². The van der Waals surface area contributed by atoms with Crippen LogP contribution in [-0.2, 0) is 12.6 Å². The highest BCUT2D eigenvalue weighted by Crippen LogP contribution is 2.37. The zero-order valence-corrected chi connectivity index (χ0v) is 10.9.